The molecule has 7 nitrogen and oxygen atoms in total. The van der Waals surface area contributed by atoms with E-state index in [1.165, 1.54) is 18.2 Å². The maximum atomic E-state index is 14.0. The minimum absolute atomic E-state index is 0.00422. The minimum atomic E-state index is -0.591. The summed E-state index contributed by atoms with van der Waals surface area (Å²) in [6, 6.07) is 5.24. The van der Waals surface area contributed by atoms with Gasteiger partial charge < -0.3 is 9.64 Å². The van der Waals surface area contributed by atoms with Gasteiger partial charge in [-0.2, -0.15) is 0 Å². The third kappa shape index (κ3) is 3.34. The molecule has 0 saturated carbocycles. The second kappa shape index (κ2) is 7.18. The van der Waals surface area contributed by atoms with E-state index >= 15 is 0 Å². The fourth-order valence-electron chi connectivity index (χ4n) is 3.38. The maximum absolute atomic E-state index is 14.0. The quantitative estimate of drug-likeness (QED) is 0.768. The molecule has 3 amide bonds. The average Bonchev–Trinajstić information content (AvgIpc) is 2.90. The van der Waals surface area contributed by atoms with Crippen LogP contribution in [0.3, 0.4) is 0 Å². The lowest BCUT2D eigenvalue weighted by molar-refractivity contribution is -0.918. The fraction of sp³-hybridized carbons (Fsp3) is 0.471. The number of quaternary nitrogens is 1. The molecule has 8 heteroatoms. The molecular weight excluding hydrogens is 329 g/mol. The first-order valence-corrected chi connectivity index (χ1v) is 8.40. The van der Waals surface area contributed by atoms with Crippen LogP contribution in [0.4, 0.5) is 14.9 Å². The number of carbonyl (C=O) groups is 3. The van der Waals surface area contributed by atoms with E-state index < -0.39 is 11.9 Å². The van der Waals surface area contributed by atoms with Gasteiger partial charge in [-0.05, 0) is 19.1 Å². The summed E-state index contributed by atoms with van der Waals surface area (Å²) in [5, 5.41) is 0. The predicted octanol–water partition coefficient (Wildman–Crippen LogP) is -0.185. The van der Waals surface area contributed by atoms with Crippen LogP contribution in [-0.2, 0) is 14.3 Å². The van der Waals surface area contributed by atoms with Crippen LogP contribution in [0.1, 0.15) is 13.3 Å². The molecule has 2 heterocycles. The molecule has 0 unspecified atom stereocenters. The van der Waals surface area contributed by atoms with Crippen LogP contribution in [0.15, 0.2) is 24.3 Å². The first-order chi connectivity index (χ1) is 12.0. The number of nitrogens with one attached hydrogen (secondary N) is 1. The summed E-state index contributed by atoms with van der Waals surface area (Å²) in [5.41, 5.74) is 0.00422. The number of hydrogen-bond donors (Lipinski definition) is 1. The molecule has 2 fully saturated rings. The number of imide groups is 1. The standard InChI is InChI=1S/C17H20FN3O4/c1-2-25-17(24)20-9-7-19(8-10-20)14-11-15(22)21(16(14)23)13-6-4-3-5-12(13)18/h3-6,14H,2,7-11H2,1H3/p+1/t14-/m1/s1. The number of carbonyl (C=O) groups excluding carboxylic acids is 3. The number of para-hydroxylation sites is 1. The van der Waals surface area contributed by atoms with Gasteiger partial charge in [-0.3, -0.25) is 14.5 Å². The van der Waals surface area contributed by atoms with Crippen molar-refractivity contribution in [1.82, 2.24) is 4.90 Å². The Morgan fingerprint density at radius 1 is 1.28 bits per heavy atom. The number of nitrogens with zero attached hydrogens (tertiary/aromatic N) is 2. The highest BCUT2D eigenvalue weighted by molar-refractivity contribution is 6.21. The Morgan fingerprint density at radius 3 is 2.60 bits per heavy atom. The zero-order valence-electron chi connectivity index (χ0n) is 14.0. The molecule has 2 aliphatic heterocycles. The van der Waals surface area contributed by atoms with Crippen LogP contribution in [0, 0.1) is 5.82 Å². The first kappa shape index (κ1) is 17.3. The highest BCUT2D eigenvalue weighted by atomic mass is 19.1. The van der Waals surface area contributed by atoms with Gasteiger partial charge in [0.25, 0.3) is 5.91 Å². The average molecular weight is 350 g/mol. The molecule has 1 atom stereocenters. The van der Waals surface area contributed by atoms with E-state index in [4.69, 9.17) is 4.74 Å². The molecule has 2 aliphatic rings. The van der Waals surface area contributed by atoms with Crippen molar-refractivity contribution in [3.8, 4) is 0 Å². The SMILES string of the molecule is CCOC(=O)N1CC[NH+]([C@@H]2CC(=O)N(c3ccccc3F)C2=O)CC1. The van der Waals surface area contributed by atoms with E-state index in [1.807, 2.05) is 0 Å². The van der Waals surface area contributed by atoms with E-state index in [0.29, 0.717) is 32.8 Å². The summed E-state index contributed by atoms with van der Waals surface area (Å²) in [7, 11) is 0. The summed E-state index contributed by atoms with van der Waals surface area (Å²) in [4.78, 5) is 40.2. The number of benzene rings is 1. The van der Waals surface area contributed by atoms with E-state index in [-0.39, 0.29) is 30.0 Å². The van der Waals surface area contributed by atoms with Gasteiger partial charge in [0.05, 0.1) is 44.9 Å². The van der Waals surface area contributed by atoms with Gasteiger partial charge in [-0.25, -0.2) is 14.1 Å². The number of ether oxygens (including phenoxy) is 1. The second-order valence-corrected chi connectivity index (χ2v) is 6.12. The summed E-state index contributed by atoms with van der Waals surface area (Å²) >= 11 is 0. The van der Waals surface area contributed by atoms with Crippen LogP contribution >= 0.6 is 0 Å². The highest BCUT2D eigenvalue weighted by Crippen LogP contribution is 2.24. The number of piperazine rings is 1. The van der Waals surface area contributed by atoms with Crippen molar-refractivity contribution in [1.29, 1.82) is 0 Å². The van der Waals surface area contributed by atoms with Gasteiger partial charge >= 0.3 is 6.09 Å². The molecule has 0 bridgehead atoms. The van der Waals surface area contributed by atoms with Crippen molar-refractivity contribution in [2.45, 2.75) is 19.4 Å². The van der Waals surface area contributed by atoms with Crippen LogP contribution in [0.25, 0.3) is 0 Å². The smallest absolute Gasteiger partial charge is 0.410 e. The van der Waals surface area contributed by atoms with Crippen LogP contribution < -0.4 is 9.80 Å². The van der Waals surface area contributed by atoms with E-state index in [2.05, 4.69) is 0 Å². The van der Waals surface area contributed by atoms with Gasteiger partial charge in [-0.1, -0.05) is 12.1 Å². The molecule has 2 saturated heterocycles. The van der Waals surface area contributed by atoms with E-state index in [1.54, 1.807) is 17.9 Å². The van der Waals surface area contributed by atoms with Gasteiger partial charge in [0, 0.05) is 0 Å². The first-order valence-electron chi connectivity index (χ1n) is 8.40. The fourth-order valence-corrected chi connectivity index (χ4v) is 3.38. The lowest BCUT2D eigenvalue weighted by Crippen LogP contribution is -3.19. The molecular formula is C17H21FN3O4+. The van der Waals surface area contributed by atoms with E-state index in [0.717, 1.165) is 9.80 Å². The molecule has 0 radical (unpaired) electrons. The Hall–Kier alpha value is -2.48. The molecule has 25 heavy (non-hydrogen) atoms. The molecule has 1 N–H and O–H groups in total. The monoisotopic (exact) mass is 350 g/mol. The topological polar surface area (TPSA) is 71.4 Å². The van der Waals surface area contributed by atoms with Crippen molar-refractivity contribution in [2.24, 2.45) is 0 Å². The van der Waals surface area contributed by atoms with Gasteiger partial charge in [0.15, 0.2) is 6.04 Å². The number of anilines is 1. The van der Waals surface area contributed by atoms with Crippen molar-refractivity contribution >= 4 is 23.6 Å². The van der Waals surface area contributed by atoms with Crippen molar-refractivity contribution in [2.75, 3.05) is 37.7 Å². The zero-order valence-corrected chi connectivity index (χ0v) is 14.0. The molecule has 0 aliphatic carbocycles. The number of hydrogen-bond acceptors (Lipinski definition) is 4. The summed E-state index contributed by atoms with van der Waals surface area (Å²) < 4.78 is 18.9. The Balaban J connectivity index is 1.67. The third-order valence-corrected chi connectivity index (χ3v) is 4.66. The van der Waals surface area contributed by atoms with Crippen molar-refractivity contribution in [3.63, 3.8) is 0 Å². The lowest BCUT2D eigenvalue weighted by Gasteiger charge is -2.33. The van der Waals surface area contributed by atoms with Gasteiger partial charge in [-0.15, -0.1) is 0 Å². The molecule has 3 rings (SSSR count). The molecule has 1 aromatic rings. The Morgan fingerprint density at radius 2 is 1.96 bits per heavy atom. The Labute approximate surface area is 144 Å². The van der Waals surface area contributed by atoms with Crippen LogP contribution in [0.5, 0.6) is 0 Å². The van der Waals surface area contributed by atoms with Crippen LogP contribution in [0.2, 0.25) is 0 Å². The van der Waals surface area contributed by atoms with Crippen molar-refractivity contribution < 1.29 is 28.4 Å². The number of rotatable bonds is 3. The number of halogens is 1. The second-order valence-electron chi connectivity index (χ2n) is 6.12. The summed E-state index contributed by atoms with van der Waals surface area (Å²) in [6.07, 6.45) is -0.301. The molecule has 0 aromatic heterocycles. The number of amides is 3. The lowest BCUT2D eigenvalue weighted by atomic mass is 10.2. The maximum Gasteiger partial charge on any atom is 0.410 e. The molecule has 134 valence electrons. The Kier molecular flexibility index (Phi) is 4.98. The molecule has 0 spiro atoms. The summed E-state index contributed by atoms with van der Waals surface area (Å²) in [6.45, 7) is 4.09. The minimum Gasteiger partial charge on any atom is -0.450 e. The van der Waals surface area contributed by atoms with Crippen LogP contribution in [-0.4, -0.2) is 61.6 Å². The van der Waals surface area contributed by atoms with Gasteiger partial charge in [0.2, 0.25) is 5.91 Å². The Bertz CT molecular complexity index is 688. The van der Waals surface area contributed by atoms with Gasteiger partial charge in [0.1, 0.15) is 5.82 Å². The third-order valence-electron chi connectivity index (χ3n) is 4.66. The normalized spacial score (nSPS) is 21.8. The molecule has 1 aromatic carbocycles. The summed E-state index contributed by atoms with van der Waals surface area (Å²) in [5.74, 6) is -1.36. The zero-order chi connectivity index (χ0) is 18.0. The largest absolute Gasteiger partial charge is 0.450 e. The predicted molar refractivity (Wildman–Crippen MR) is 86.6 cm³/mol. The highest BCUT2D eigenvalue weighted by Gasteiger charge is 2.47. The van der Waals surface area contributed by atoms with Crippen molar-refractivity contribution in [3.05, 3.63) is 30.1 Å². The van der Waals surface area contributed by atoms with E-state index in [9.17, 15) is 18.8 Å².